The van der Waals surface area contributed by atoms with Gasteiger partial charge in [-0.2, -0.15) is 0 Å². The van der Waals surface area contributed by atoms with E-state index >= 15 is 0 Å². The van der Waals surface area contributed by atoms with E-state index in [9.17, 15) is 4.79 Å². The van der Waals surface area contributed by atoms with Crippen molar-refractivity contribution in [1.29, 1.82) is 0 Å². The Hall–Kier alpha value is -2.29. The van der Waals surface area contributed by atoms with Gasteiger partial charge >= 0.3 is 0 Å². The van der Waals surface area contributed by atoms with Gasteiger partial charge in [0.25, 0.3) is 0 Å². The Kier molecular flexibility index (Phi) is 8.15. The summed E-state index contributed by atoms with van der Waals surface area (Å²) in [6, 6.07) is 12.3. The van der Waals surface area contributed by atoms with Crippen molar-refractivity contribution in [2.45, 2.75) is 71.6 Å². The highest BCUT2D eigenvalue weighted by Crippen LogP contribution is 2.30. The van der Waals surface area contributed by atoms with Crippen LogP contribution < -0.4 is 9.47 Å². The molecule has 29 heavy (non-hydrogen) atoms. The summed E-state index contributed by atoms with van der Waals surface area (Å²) in [6.07, 6.45) is 9.79. The van der Waals surface area contributed by atoms with Gasteiger partial charge in [-0.25, -0.2) is 0 Å². The monoisotopic (exact) mass is 394 g/mol. The minimum atomic E-state index is 0.262. The van der Waals surface area contributed by atoms with Crippen molar-refractivity contribution in [3.8, 4) is 11.5 Å². The Bertz CT molecular complexity index is 810. The van der Waals surface area contributed by atoms with Gasteiger partial charge in [0, 0.05) is 17.5 Å². The lowest BCUT2D eigenvalue weighted by Crippen LogP contribution is -2.12. The quantitative estimate of drug-likeness (QED) is 0.573. The molecule has 2 aliphatic carbocycles. The van der Waals surface area contributed by atoms with Crippen LogP contribution in [0.5, 0.6) is 11.5 Å². The summed E-state index contributed by atoms with van der Waals surface area (Å²) in [6.45, 7) is 5.80. The maximum atomic E-state index is 11.7. The van der Waals surface area contributed by atoms with Crippen LogP contribution in [0.4, 0.5) is 0 Å². The molecule has 0 spiro atoms. The summed E-state index contributed by atoms with van der Waals surface area (Å²) in [5, 5.41) is 0. The molecule has 0 heterocycles. The van der Waals surface area contributed by atoms with Gasteiger partial charge in [0.15, 0.2) is 5.78 Å². The van der Waals surface area contributed by atoms with Crippen molar-refractivity contribution in [1.82, 2.24) is 0 Å². The number of hydrogen-bond donors (Lipinski definition) is 0. The lowest BCUT2D eigenvalue weighted by molar-refractivity contribution is 0.0971. The molecule has 2 aromatic rings. The molecule has 0 unspecified atom stereocenters. The van der Waals surface area contributed by atoms with Gasteiger partial charge in [0.2, 0.25) is 0 Å². The fourth-order valence-electron chi connectivity index (χ4n) is 4.09. The normalized spacial score (nSPS) is 14.9. The SMILES string of the molecule is CCCOc1cccc2c1CCCC2.CCCOc1cccc2c1CCCC2=O. The summed E-state index contributed by atoms with van der Waals surface area (Å²) in [5.74, 6) is 2.30. The molecule has 0 radical (unpaired) electrons. The molecule has 0 saturated heterocycles. The van der Waals surface area contributed by atoms with Crippen LogP contribution in [0.25, 0.3) is 0 Å². The molecule has 0 atom stereocenters. The van der Waals surface area contributed by atoms with Gasteiger partial charge in [-0.1, -0.05) is 38.1 Å². The molecule has 4 rings (SSSR count). The van der Waals surface area contributed by atoms with Gasteiger partial charge in [-0.15, -0.1) is 0 Å². The first-order valence-corrected chi connectivity index (χ1v) is 11.3. The molecule has 3 heteroatoms. The summed E-state index contributed by atoms with van der Waals surface area (Å²) < 4.78 is 11.4. The second kappa shape index (κ2) is 11.0. The Morgan fingerprint density at radius 2 is 1.34 bits per heavy atom. The zero-order valence-corrected chi connectivity index (χ0v) is 18.0. The molecule has 0 fully saturated rings. The zero-order valence-electron chi connectivity index (χ0n) is 18.0. The zero-order chi connectivity index (χ0) is 20.5. The van der Waals surface area contributed by atoms with Crippen LogP contribution in [0.1, 0.15) is 79.4 Å². The largest absolute Gasteiger partial charge is 0.493 e. The van der Waals surface area contributed by atoms with Crippen molar-refractivity contribution in [3.05, 3.63) is 58.7 Å². The van der Waals surface area contributed by atoms with Gasteiger partial charge in [-0.05, 0) is 74.6 Å². The Morgan fingerprint density at radius 1 is 0.724 bits per heavy atom. The summed E-state index contributed by atoms with van der Waals surface area (Å²) >= 11 is 0. The molecule has 0 amide bonds. The molecule has 0 bridgehead atoms. The number of Topliss-reactive ketones (excluding diaryl/α,β-unsaturated/α-hetero) is 1. The average molecular weight is 395 g/mol. The third kappa shape index (κ3) is 5.62. The first-order chi connectivity index (χ1) is 14.2. The van der Waals surface area contributed by atoms with Crippen LogP contribution in [-0.2, 0) is 19.3 Å². The van der Waals surface area contributed by atoms with E-state index in [2.05, 4.69) is 32.0 Å². The molecule has 0 aromatic heterocycles. The summed E-state index contributed by atoms with van der Waals surface area (Å²) in [4.78, 5) is 11.7. The van der Waals surface area contributed by atoms with Gasteiger partial charge in [-0.3, -0.25) is 4.79 Å². The maximum absolute atomic E-state index is 11.7. The number of carbonyl (C=O) groups excluding carboxylic acids is 1. The van der Waals surface area contributed by atoms with Gasteiger partial charge < -0.3 is 9.47 Å². The van der Waals surface area contributed by atoms with Crippen molar-refractivity contribution >= 4 is 5.78 Å². The van der Waals surface area contributed by atoms with E-state index in [1.807, 2.05) is 18.2 Å². The molecule has 3 nitrogen and oxygen atoms in total. The van der Waals surface area contributed by atoms with Crippen LogP contribution in [0.3, 0.4) is 0 Å². The standard InChI is InChI=1S/C13H16O2.C13H18O/c1-2-9-15-13-8-4-5-10-11(13)6-3-7-12(10)14;1-2-10-14-13-9-5-7-11-6-3-4-8-12(11)13/h4-5,8H,2-3,6-7,9H2,1H3;5,7,9H,2-4,6,8,10H2,1H3. The molecule has 0 saturated carbocycles. The van der Waals surface area contributed by atoms with Crippen LogP contribution in [0.15, 0.2) is 36.4 Å². The summed E-state index contributed by atoms with van der Waals surface area (Å²) in [7, 11) is 0. The van der Waals surface area contributed by atoms with Gasteiger partial charge in [0.05, 0.1) is 13.2 Å². The third-order valence-corrected chi connectivity index (χ3v) is 5.54. The molecular weight excluding hydrogens is 360 g/mol. The Morgan fingerprint density at radius 3 is 2.07 bits per heavy atom. The smallest absolute Gasteiger partial charge is 0.163 e. The number of ketones is 1. The van der Waals surface area contributed by atoms with Crippen LogP contribution in [-0.4, -0.2) is 19.0 Å². The highest BCUT2D eigenvalue weighted by molar-refractivity contribution is 5.99. The number of aryl methyl sites for hydroxylation is 1. The number of fused-ring (bicyclic) bond motifs is 2. The molecule has 2 aliphatic rings. The van der Waals surface area contributed by atoms with E-state index in [1.54, 1.807) is 0 Å². The van der Waals surface area contributed by atoms with Crippen LogP contribution in [0, 0.1) is 0 Å². The number of hydrogen-bond acceptors (Lipinski definition) is 3. The highest BCUT2D eigenvalue weighted by atomic mass is 16.5. The second-order valence-corrected chi connectivity index (χ2v) is 7.86. The molecule has 156 valence electrons. The van der Waals surface area contributed by atoms with E-state index in [1.165, 1.54) is 36.8 Å². The Labute approximate surface area is 175 Å². The number of rotatable bonds is 6. The van der Waals surface area contributed by atoms with Crippen molar-refractivity contribution in [2.24, 2.45) is 0 Å². The lowest BCUT2D eigenvalue weighted by Gasteiger charge is -2.19. The number of ether oxygens (including phenoxy) is 2. The number of benzene rings is 2. The predicted molar refractivity (Wildman–Crippen MR) is 118 cm³/mol. The van der Waals surface area contributed by atoms with E-state index in [0.29, 0.717) is 6.42 Å². The number of carbonyl (C=O) groups is 1. The molecule has 0 N–H and O–H groups in total. The maximum Gasteiger partial charge on any atom is 0.163 e. The minimum Gasteiger partial charge on any atom is -0.493 e. The lowest BCUT2D eigenvalue weighted by atomic mass is 9.90. The van der Waals surface area contributed by atoms with E-state index in [0.717, 1.165) is 61.5 Å². The van der Waals surface area contributed by atoms with E-state index < -0.39 is 0 Å². The fourth-order valence-corrected chi connectivity index (χ4v) is 4.09. The Balaban J connectivity index is 0.000000166. The molecule has 2 aromatic carbocycles. The van der Waals surface area contributed by atoms with E-state index in [-0.39, 0.29) is 5.78 Å². The van der Waals surface area contributed by atoms with Crippen molar-refractivity contribution in [2.75, 3.05) is 13.2 Å². The topological polar surface area (TPSA) is 35.5 Å². The van der Waals surface area contributed by atoms with Crippen LogP contribution >= 0.6 is 0 Å². The predicted octanol–water partition coefficient (Wildman–Crippen LogP) is 6.35. The van der Waals surface area contributed by atoms with Crippen LogP contribution in [0.2, 0.25) is 0 Å². The fraction of sp³-hybridized carbons (Fsp3) is 0.500. The first-order valence-electron chi connectivity index (χ1n) is 11.3. The average Bonchev–Trinajstić information content (AvgIpc) is 2.77. The molecular formula is C26H34O3. The molecule has 0 aliphatic heterocycles. The highest BCUT2D eigenvalue weighted by Gasteiger charge is 2.19. The van der Waals surface area contributed by atoms with Crippen molar-refractivity contribution < 1.29 is 14.3 Å². The van der Waals surface area contributed by atoms with E-state index in [4.69, 9.17) is 9.47 Å². The van der Waals surface area contributed by atoms with Gasteiger partial charge in [0.1, 0.15) is 11.5 Å². The summed E-state index contributed by atoms with van der Waals surface area (Å²) in [5.41, 5.74) is 4.95. The third-order valence-electron chi connectivity index (χ3n) is 5.54. The first kappa shape index (κ1) is 21.4. The second-order valence-electron chi connectivity index (χ2n) is 7.86. The minimum absolute atomic E-state index is 0.262. The van der Waals surface area contributed by atoms with Crippen molar-refractivity contribution in [3.63, 3.8) is 0 Å².